The first-order valence-corrected chi connectivity index (χ1v) is 9.64. The van der Waals surface area contributed by atoms with Gasteiger partial charge in [0.2, 0.25) is 0 Å². The maximum atomic E-state index is 12.5. The summed E-state index contributed by atoms with van der Waals surface area (Å²) >= 11 is 7.39. The van der Waals surface area contributed by atoms with Crippen LogP contribution < -0.4 is 5.32 Å². The van der Waals surface area contributed by atoms with E-state index in [2.05, 4.69) is 19.2 Å². The summed E-state index contributed by atoms with van der Waals surface area (Å²) in [4.78, 5) is 24.7. The number of anilines is 1. The summed E-state index contributed by atoms with van der Waals surface area (Å²) in [6.07, 6.45) is 0. The van der Waals surface area contributed by atoms with Crippen molar-refractivity contribution in [3.8, 4) is 5.69 Å². The fourth-order valence-corrected chi connectivity index (χ4v) is 3.67. The van der Waals surface area contributed by atoms with Gasteiger partial charge in [0.05, 0.1) is 28.8 Å². The predicted molar refractivity (Wildman–Crippen MR) is 110 cm³/mol. The molecular formula is C19H14ClN5O3S. The molecule has 0 saturated heterocycles. The van der Waals surface area contributed by atoms with Crippen LogP contribution in [0.25, 0.3) is 16.7 Å². The van der Waals surface area contributed by atoms with Crippen LogP contribution in [0.2, 0.25) is 5.15 Å². The molecule has 0 atom stereocenters. The minimum atomic E-state index is -0.724. The fraction of sp³-hybridized carbons (Fsp3) is 0.105. The monoisotopic (exact) mass is 427 g/mol. The van der Waals surface area contributed by atoms with Gasteiger partial charge in [-0.3, -0.25) is 4.79 Å². The number of aryl methyl sites for hydroxylation is 1. The number of fused-ring (bicyclic) bond motifs is 1. The molecule has 0 fully saturated rings. The summed E-state index contributed by atoms with van der Waals surface area (Å²) in [5.74, 6) is -1.22. The number of hydrogen-bond donors (Lipinski definition) is 1. The molecule has 0 spiro atoms. The maximum absolute atomic E-state index is 12.5. The van der Waals surface area contributed by atoms with Crippen LogP contribution in [0, 0.1) is 6.92 Å². The summed E-state index contributed by atoms with van der Waals surface area (Å²) in [6.45, 7) is 1.18. The van der Waals surface area contributed by atoms with Gasteiger partial charge in [-0.15, -0.1) is 0 Å². The van der Waals surface area contributed by atoms with Crippen LogP contribution in [0.3, 0.4) is 0 Å². The lowest BCUT2D eigenvalue weighted by atomic mass is 10.2. The Labute approximate surface area is 174 Å². The summed E-state index contributed by atoms with van der Waals surface area (Å²) < 4.78 is 14.9. The molecule has 0 aliphatic heterocycles. The number of aromatic nitrogens is 4. The summed E-state index contributed by atoms with van der Waals surface area (Å²) in [5, 5.41) is 7.09. The highest BCUT2D eigenvalue weighted by Gasteiger charge is 2.23. The second kappa shape index (κ2) is 7.98. The van der Waals surface area contributed by atoms with Gasteiger partial charge in [-0.05, 0) is 31.2 Å². The van der Waals surface area contributed by atoms with Gasteiger partial charge < -0.3 is 10.1 Å². The molecule has 29 heavy (non-hydrogen) atoms. The quantitative estimate of drug-likeness (QED) is 0.488. The number of carbonyl (C=O) groups excluding carboxylic acids is 2. The molecule has 2 aromatic carbocycles. The van der Waals surface area contributed by atoms with Crippen LogP contribution in [0.4, 0.5) is 5.69 Å². The van der Waals surface area contributed by atoms with E-state index < -0.39 is 18.5 Å². The molecule has 2 heterocycles. The molecule has 10 heteroatoms. The van der Waals surface area contributed by atoms with E-state index in [1.165, 1.54) is 4.68 Å². The third kappa shape index (κ3) is 3.82. The van der Waals surface area contributed by atoms with Crippen LogP contribution in [0.5, 0.6) is 0 Å². The van der Waals surface area contributed by atoms with Crippen LogP contribution in [-0.4, -0.2) is 37.0 Å². The van der Waals surface area contributed by atoms with Gasteiger partial charge in [0.1, 0.15) is 21.7 Å². The molecule has 146 valence electrons. The normalized spacial score (nSPS) is 10.8. The van der Waals surface area contributed by atoms with Crippen molar-refractivity contribution in [2.75, 3.05) is 11.9 Å². The summed E-state index contributed by atoms with van der Waals surface area (Å²) in [6, 6.07) is 14.4. The number of ether oxygens (including phenoxy) is 1. The van der Waals surface area contributed by atoms with Crippen molar-refractivity contribution in [2.24, 2.45) is 0 Å². The van der Waals surface area contributed by atoms with Crippen molar-refractivity contribution >= 4 is 51.9 Å². The highest BCUT2D eigenvalue weighted by atomic mass is 35.5. The number of halogens is 1. The Balaban J connectivity index is 1.45. The number of benzene rings is 2. The minimum Gasteiger partial charge on any atom is -0.452 e. The lowest BCUT2D eigenvalue weighted by molar-refractivity contribution is -0.119. The smallest absolute Gasteiger partial charge is 0.343 e. The van der Waals surface area contributed by atoms with E-state index in [-0.39, 0.29) is 10.7 Å². The third-order valence-electron chi connectivity index (χ3n) is 4.10. The first-order valence-electron chi connectivity index (χ1n) is 8.53. The molecule has 0 radical (unpaired) electrons. The summed E-state index contributed by atoms with van der Waals surface area (Å²) in [7, 11) is 0. The Morgan fingerprint density at radius 3 is 2.72 bits per heavy atom. The van der Waals surface area contributed by atoms with Crippen molar-refractivity contribution < 1.29 is 14.3 Å². The summed E-state index contributed by atoms with van der Waals surface area (Å²) in [5.41, 5.74) is 3.00. The van der Waals surface area contributed by atoms with Gasteiger partial charge in [0.15, 0.2) is 6.61 Å². The molecule has 4 aromatic rings. The average molecular weight is 428 g/mol. The molecule has 0 saturated carbocycles. The Morgan fingerprint density at radius 1 is 1.14 bits per heavy atom. The zero-order chi connectivity index (χ0) is 20.4. The third-order valence-corrected chi connectivity index (χ3v) is 5.00. The highest BCUT2D eigenvalue weighted by Crippen LogP contribution is 2.24. The zero-order valence-corrected chi connectivity index (χ0v) is 16.7. The first-order chi connectivity index (χ1) is 14.0. The zero-order valence-electron chi connectivity index (χ0n) is 15.1. The molecule has 0 unspecified atom stereocenters. The van der Waals surface area contributed by atoms with Gasteiger partial charge in [0.25, 0.3) is 5.91 Å². The molecule has 8 nitrogen and oxygen atoms in total. The van der Waals surface area contributed by atoms with E-state index in [0.717, 1.165) is 11.7 Å². The van der Waals surface area contributed by atoms with E-state index >= 15 is 0 Å². The Hall–Kier alpha value is -3.30. The van der Waals surface area contributed by atoms with E-state index in [4.69, 9.17) is 16.3 Å². The number of rotatable bonds is 5. The number of hydrogen-bond acceptors (Lipinski definition) is 7. The van der Waals surface area contributed by atoms with Crippen LogP contribution in [0.1, 0.15) is 16.1 Å². The Kier molecular flexibility index (Phi) is 5.24. The SMILES string of the molecule is Cc1nn(-c2ccccc2)c(Cl)c1C(=O)OCC(=O)Nc1cccc2nsnc12. The molecule has 4 rings (SSSR count). The molecule has 0 aliphatic rings. The van der Waals surface area contributed by atoms with E-state index in [0.29, 0.717) is 28.1 Å². The lowest BCUT2D eigenvalue weighted by Gasteiger charge is -2.07. The van der Waals surface area contributed by atoms with Crippen molar-refractivity contribution in [1.29, 1.82) is 0 Å². The molecule has 1 amide bonds. The van der Waals surface area contributed by atoms with Gasteiger partial charge in [-0.25, -0.2) is 9.48 Å². The second-order valence-electron chi connectivity index (χ2n) is 6.06. The molecule has 0 bridgehead atoms. The van der Waals surface area contributed by atoms with Crippen LogP contribution in [0.15, 0.2) is 48.5 Å². The number of nitrogens with zero attached hydrogens (tertiary/aromatic N) is 4. The van der Waals surface area contributed by atoms with Crippen LogP contribution in [-0.2, 0) is 9.53 Å². The molecular weight excluding hydrogens is 414 g/mol. The van der Waals surface area contributed by atoms with Crippen LogP contribution >= 0.6 is 23.3 Å². The number of para-hydroxylation sites is 1. The molecule has 1 N–H and O–H groups in total. The van der Waals surface area contributed by atoms with E-state index in [1.807, 2.05) is 30.3 Å². The molecule has 2 aromatic heterocycles. The highest BCUT2D eigenvalue weighted by molar-refractivity contribution is 7.00. The Bertz CT molecular complexity index is 1210. The van der Waals surface area contributed by atoms with E-state index in [9.17, 15) is 9.59 Å². The topological polar surface area (TPSA) is 99.0 Å². The largest absolute Gasteiger partial charge is 0.452 e. The van der Waals surface area contributed by atoms with Crippen molar-refractivity contribution in [1.82, 2.24) is 18.5 Å². The number of amides is 1. The van der Waals surface area contributed by atoms with Gasteiger partial charge in [-0.2, -0.15) is 13.8 Å². The van der Waals surface area contributed by atoms with Crippen molar-refractivity contribution in [3.05, 3.63) is 64.9 Å². The fourth-order valence-electron chi connectivity index (χ4n) is 2.77. The number of nitrogens with one attached hydrogen (secondary N) is 1. The maximum Gasteiger partial charge on any atom is 0.343 e. The minimum absolute atomic E-state index is 0.120. The van der Waals surface area contributed by atoms with Crippen molar-refractivity contribution in [3.63, 3.8) is 0 Å². The van der Waals surface area contributed by atoms with Gasteiger partial charge in [-0.1, -0.05) is 35.9 Å². The van der Waals surface area contributed by atoms with E-state index in [1.54, 1.807) is 25.1 Å². The average Bonchev–Trinajstić information content (AvgIpc) is 3.32. The molecule has 0 aliphatic carbocycles. The first kappa shape index (κ1) is 19.0. The van der Waals surface area contributed by atoms with Gasteiger partial charge in [0, 0.05) is 0 Å². The predicted octanol–water partition coefficient (Wildman–Crippen LogP) is 3.63. The number of carbonyl (C=O) groups is 2. The standard InChI is InChI=1S/C19H14ClN5O3S/c1-11-16(18(20)25(22-11)12-6-3-2-4-7-12)19(27)28-10-15(26)21-13-8-5-9-14-17(13)24-29-23-14/h2-9H,10H2,1H3,(H,21,26). The Morgan fingerprint density at radius 2 is 1.93 bits per heavy atom. The van der Waals surface area contributed by atoms with Gasteiger partial charge >= 0.3 is 5.97 Å². The lowest BCUT2D eigenvalue weighted by Crippen LogP contribution is -2.21. The second-order valence-corrected chi connectivity index (χ2v) is 6.95. The number of esters is 1. The van der Waals surface area contributed by atoms with Crippen molar-refractivity contribution in [2.45, 2.75) is 6.92 Å².